The van der Waals surface area contributed by atoms with Crippen LogP contribution in [0.25, 0.3) is 0 Å². The summed E-state index contributed by atoms with van der Waals surface area (Å²) in [7, 11) is 0. The first-order valence-electron chi connectivity index (χ1n) is 6.58. The van der Waals surface area contributed by atoms with Gasteiger partial charge in [0.15, 0.2) is 0 Å². The number of aromatic nitrogens is 2. The summed E-state index contributed by atoms with van der Waals surface area (Å²) in [5.74, 6) is 0. The Morgan fingerprint density at radius 1 is 1.26 bits per heavy atom. The number of nitrogens with zero attached hydrogens (tertiary/aromatic N) is 2. The Kier molecular flexibility index (Phi) is 4.27. The van der Waals surface area contributed by atoms with Crippen LogP contribution in [0, 0.1) is 0 Å². The van der Waals surface area contributed by atoms with Crippen molar-refractivity contribution in [2.24, 2.45) is 0 Å². The van der Waals surface area contributed by atoms with Crippen LogP contribution in [0.4, 0.5) is 0 Å². The van der Waals surface area contributed by atoms with E-state index < -0.39 is 5.60 Å². The molecule has 0 saturated carbocycles. The van der Waals surface area contributed by atoms with E-state index in [1.54, 1.807) is 10.9 Å². The van der Waals surface area contributed by atoms with Crippen LogP contribution >= 0.6 is 11.6 Å². The van der Waals surface area contributed by atoms with E-state index in [0.29, 0.717) is 30.1 Å². The summed E-state index contributed by atoms with van der Waals surface area (Å²) < 4.78 is 1.77. The Morgan fingerprint density at radius 3 is 2.53 bits per heavy atom. The van der Waals surface area contributed by atoms with Gasteiger partial charge in [0.05, 0.1) is 16.9 Å². The fourth-order valence-corrected chi connectivity index (χ4v) is 2.69. The number of rotatable bonds is 5. The van der Waals surface area contributed by atoms with E-state index in [1.807, 2.05) is 44.2 Å². The molecule has 0 aliphatic carbocycles. The van der Waals surface area contributed by atoms with Gasteiger partial charge in [-0.25, -0.2) is 0 Å². The maximum Gasteiger partial charge on any atom is 0.111 e. The number of halogens is 1. The summed E-state index contributed by atoms with van der Waals surface area (Å²) in [5, 5.41) is 15.7. The maximum absolute atomic E-state index is 11.0. The van der Waals surface area contributed by atoms with Crippen LogP contribution < -0.4 is 0 Å². The lowest BCUT2D eigenvalue weighted by Gasteiger charge is -2.28. The first-order valence-corrected chi connectivity index (χ1v) is 6.96. The summed E-state index contributed by atoms with van der Waals surface area (Å²) in [4.78, 5) is 0. The monoisotopic (exact) mass is 278 g/mol. The average molecular weight is 279 g/mol. The molecule has 1 unspecified atom stereocenters. The van der Waals surface area contributed by atoms with Gasteiger partial charge in [-0.3, -0.25) is 4.68 Å². The summed E-state index contributed by atoms with van der Waals surface area (Å²) in [6, 6.07) is 9.95. The van der Waals surface area contributed by atoms with Crippen molar-refractivity contribution in [3.8, 4) is 0 Å². The zero-order valence-electron chi connectivity index (χ0n) is 11.3. The molecular weight excluding hydrogens is 260 g/mol. The highest BCUT2D eigenvalue weighted by Crippen LogP contribution is 2.34. The quantitative estimate of drug-likeness (QED) is 0.910. The van der Waals surface area contributed by atoms with Gasteiger partial charge in [-0.2, -0.15) is 5.10 Å². The molecule has 3 nitrogen and oxygen atoms in total. The molecule has 2 rings (SSSR count). The zero-order valence-corrected chi connectivity index (χ0v) is 12.1. The van der Waals surface area contributed by atoms with Gasteiger partial charge >= 0.3 is 0 Å². The third-order valence-corrected chi connectivity index (χ3v) is 3.74. The molecule has 4 heteroatoms. The minimum atomic E-state index is -0.981. The lowest BCUT2D eigenvalue weighted by atomic mass is 9.88. The molecule has 0 spiro atoms. The van der Waals surface area contributed by atoms with Crippen molar-refractivity contribution >= 4 is 11.6 Å². The Morgan fingerprint density at radius 2 is 1.95 bits per heavy atom. The second kappa shape index (κ2) is 5.76. The molecule has 0 fully saturated rings. The summed E-state index contributed by atoms with van der Waals surface area (Å²) in [6.07, 6.45) is 2.73. The Bertz CT molecular complexity index is 538. The van der Waals surface area contributed by atoms with E-state index in [-0.39, 0.29) is 0 Å². The highest BCUT2D eigenvalue weighted by atomic mass is 35.5. The third kappa shape index (κ3) is 2.82. The molecular formula is C15H19ClN2O. The molecule has 19 heavy (non-hydrogen) atoms. The predicted octanol–water partition coefficient (Wildman–Crippen LogP) is 3.40. The van der Waals surface area contributed by atoms with E-state index in [0.717, 1.165) is 5.56 Å². The Labute approximate surface area is 118 Å². The van der Waals surface area contributed by atoms with Gasteiger partial charge in [0.2, 0.25) is 0 Å². The van der Waals surface area contributed by atoms with Crippen molar-refractivity contribution in [2.75, 3.05) is 0 Å². The Hall–Kier alpha value is -1.32. The molecule has 0 aliphatic rings. The summed E-state index contributed by atoms with van der Waals surface area (Å²) in [6.45, 7) is 4.65. The van der Waals surface area contributed by atoms with Crippen LogP contribution in [0.2, 0.25) is 5.02 Å². The maximum atomic E-state index is 11.0. The van der Waals surface area contributed by atoms with Gasteiger partial charge < -0.3 is 5.11 Å². The van der Waals surface area contributed by atoms with E-state index in [4.69, 9.17) is 11.6 Å². The first kappa shape index (κ1) is 14.1. The van der Waals surface area contributed by atoms with Crippen LogP contribution in [0.15, 0.2) is 36.5 Å². The molecule has 1 heterocycles. The summed E-state index contributed by atoms with van der Waals surface area (Å²) >= 11 is 6.21. The van der Waals surface area contributed by atoms with Gasteiger partial charge in [0.1, 0.15) is 5.60 Å². The van der Waals surface area contributed by atoms with Crippen molar-refractivity contribution < 1.29 is 5.11 Å². The molecule has 1 aromatic carbocycles. The SMILES string of the molecule is CCn1ncc(Cl)c1C(O)(CC)Cc1ccccc1. The van der Waals surface area contributed by atoms with Crippen molar-refractivity contribution in [1.29, 1.82) is 0 Å². The van der Waals surface area contributed by atoms with Crippen molar-refractivity contribution in [3.05, 3.63) is 52.8 Å². The molecule has 0 amide bonds. The number of benzene rings is 1. The predicted molar refractivity (Wildman–Crippen MR) is 77.2 cm³/mol. The van der Waals surface area contributed by atoms with Crippen molar-refractivity contribution in [3.63, 3.8) is 0 Å². The fraction of sp³-hybridized carbons (Fsp3) is 0.400. The topological polar surface area (TPSA) is 38.0 Å². The molecule has 1 atom stereocenters. The van der Waals surface area contributed by atoms with E-state index in [1.165, 1.54) is 0 Å². The summed E-state index contributed by atoms with van der Waals surface area (Å²) in [5.41, 5.74) is 0.820. The lowest BCUT2D eigenvalue weighted by Crippen LogP contribution is -2.31. The van der Waals surface area contributed by atoms with Gasteiger partial charge in [0.25, 0.3) is 0 Å². The van der Waals surface area contributed by atoms with Crippen molar-refractivity contribution in [1.82, 2.24) is 9.78 Å². The average Bonchev–Trinajstić information content (AvgIpc) is 2.81. The van der Waals surface area contributed by atoms with E-state index >= 15 is 0 Å². The second-order valence-corrected chi connectivity index (χ2v) is 5.11. The molecule has 102 valence electrons. The van der Waals surface area contributed by atoms with E-state index in [2.05, 4.69) is 5.10 Å². The minimum absolute atomic E-state index is 0.530. The van der Waals surface area contributed by atoms with Crippen molar-refractivity contribution in [2.45, 2.75) is 38.8 Å². The van der Waals surface area contributed by atoms with Gasteiger partial charge in [-0.05, 0) is 18.9 Å². The molecule has 0 radical (unpaired) electrons. The second-order valence-electron chi connectivity index (χ2n) is 4.70. The van der Waals surface area contributed by atoms with Gasteiger partial charge in [-0.1, -0.05) is 48.9 Å². The third-order valence-electron chi connectivity index (χ3n) is 3.46. The van der Waals surface area contributed by atoms with Crippen LogP contribution in [0.1, 0.15) is 31.5 Å². The van der Waals surface area contributed by atoms with Gasteiger partial charge in [0, 0.05) is 13.0 Å². The molecule has 0 aliphatic heterocycles. The zero-order chi connectivity index (χ0) is 13.9. The number of hydrogen-bond donors (Lipinski definition) is 1. The number of aryl methyl sites for hydroxylation is 1. The standard InChI is InChI=1S/C15H19ClN2O/c1-3-15(19,10-12-8-6-5-7-9-12)14-13(16)11-17-18(14)4-2/h5-9,11,19H,3-4,10H2,1-2H3. The van der Waals surface area contributed by atoms with Crippen LogP contribution in [0.3, 0.4) is 0 Å². The molecule has 1 N–H and O–H groups in total. The Balaban J connectivity index is 2.39. The molecule has 1 aromatic heterocycles. The first-order chi connectivity index (χ1) is 9.10. The largest absolute Gasteiger partial charge is 0.383 e. The highest BCUT2D eigenvalue weighted by molar-refractivity contribution is 6.31. The van der Waals surface area contributed by atoms with Gasteiger partial charge in [-0.15, -0.1) is 0 Å². The van der Waals surface area contributed by atoms with Crippen LogP contribution in [-0.4, -0.2) is 14.9 Å². The van der Waals surface area contributed by atoms with Crippen LogP contribution in [0.5, 0.6) is 0 Å². The number of aliphatic hydroxyl groups is 1. The van der Waals surface area contributed by atoms with E-state index in [9.17, 15) is 5.11 Å². The van der Waals surface area contributed by atoms with Crippen LogP contribution in [-0.2, 0) is 18.6 Å². The molecule has 2 aromatic rings. The fourth-order valence-electron chi connectivity index (χ4n) is 2.37. The smallest absolute Gasteiger partial charge is 0.111 e. The number of hydrogen-bond acceptors (Lipinski definition) is 2. The minimum Gasteiger partial charge on any atom is -0.383 e. The highest BCUT2D eigenvalue weighted by Gasteiger charge is 2.33. The normalized spacial score (nSPS) is 14.3. The molecule has 0 bridgehead atoms. The molecule has 0 saturated heterocycles. The lowest BCUT2D eigenvalue weighted by molar-refractivity contribution is 0.0238.